The first-order valence-electron chi connectivity index (χ1n) is 11.2. The summed E-state index contributed by atoms with van der Waals surface area (Å²) in [5, 5.41) is 6.01. The Labute approximate surface area is 205 Å². The topological polar surface area (TPSA) is 84.5 Å². The molecular weight excluding hydrogens is 474 g/mol. The van der Waals surface area contributed by atoms with Crippen molar-refractivity contribution in [2.75, 3.05) is 18.5 Å². The van der Waals surface area contributed by atoms with Crippen LogP contribution in [0, 0.1) is 17.6 Å². The van der Waals surface area contributed by atoms with Crippen LogP contribution in [-0.2, 0) is 17.6 Å². The molecular formula is C26H24F2N2O4S. The van der Waals surface area contributed by atoms with Gasteiger partial charge in [0.25, 0.3) is 11.8 Å². The largest absolute Gasteiger partial charge is 0.460 e. The molecule has 0 fully saturated rings. The Balaban J connectivity index is 1.43. The second kappa shape index (κ2) is 10.8. The van der Waals surface area contributed by atoms with Crippen molar-refractivity contribution in [3.63, 3.8) is 0 Å². The lowest BCUT2D eigenvalue weighted by atomic mass is 9.88. The zero-order chi connectivity index (χ0) is 24.9. The predicted molar refractivity (Wildman–Crippen MR) is 129 cm³/mol. The standard InChI is InChI=1S/C26H24F2N2O4S/c1-15-2-11-20-21(14-15)35-25(30-23(31)16-3-7-18(27)8-4-16)22(20)24(32)29-12-13-34-26(33)17-5-9-19(28)10-6-17/h3-10,15H,2,11-14H2,1H3,(H,29,32)(H,30,31). The molecule has 2 amide bonds. The molecule has 1 aromatic heterocycles. The molecule has 4 rings (SSSR count). The second-order valence-corrected chi connectivity index (χ2v) is 9.52. The molecule has 1 heterocycles. The summed E-state index contributed by atoms with van der Waals surface area (Å²) >= 11 is 1.38. The Morgan fingerprint density at radius 2 is 1.60 bits per heavy atom. The Hall–Kier alpha value is -3.59. The highest BCUT2D eigenvalue weighted by Gasteiger charge is 2.28. The maximum absolute atomic E-state index is 13.2. The highest BCUT2D eigenvalue weighted by molar-refractivity contribution is 7.17. The molecule has 6 nitrogen and oxygen atoms in total. The maximum atomic E-state index is 13.2. The van der Waals surface area contributed by atoms with Gasteiger partial charge in [0.1, 0.15) is 23.2 Å². The third-order valence-corrected chi connectivity index (χ3v) is 6.94. The van der Waals surface area contributed by atoms with Gasteiger partial charge >= 0.3 is 5.97 Å². The third kappa shape index (κ3) is 5.92. The van der Waals surface area contributed by atoms with Crippen LogP contribution in [0.25, 0.3) is 0 Å². The van der Waals surface area contributed by atoms with Gasteiger partial charge in [-0.1, -0.05) is 6.92 Å². The number of benzene rings is 2. The van der Waals surface area contributed by atoms with E-state index in [9.17, 15) is 23.2 Å². The zero-order valence-corrected chi connectivity index (χ0v) is 19.8. The van der Waals surface area contributed by atoms with E-state index < -0.39 is 23.5 Å². The lowest BCUT2D eigenvalue weighted by molar-refractivity contribution is 0.0503. The minimum Gasteiger partial charge on any atom is -0.460 e. The predicted octanol–water partition coefficient (Wildman–Crippen LogP) is 4.99. The number of ether oxygens (including phenoxy) is 1. The average Bonchev–Trinajstić information content (AvgIpc) is 3.19. The molecule has 35 heavy (non-hydrogen) atoms. The van der Waals surface area contributed by atoms with Crippen LogP contribution in [0.4, 0.5) is 13.8 Å². The Morgan fingerprint density at radius 3 is 2.26 bits per heavy atom. The fourth-order valence-electron chi connectivity index (χ4n) is 3.92. The number of amides is 2. The fraction of sp³-hybridized carbons (Fsp3) is 0.269. The van der Waals surface area contributed by atoms with Crippen molar-refractivity contribution < 1.29 is 27.9 Å². The third-order valence-electron chi connectivity index (χ3n) is 5.77. The van der Waals surface area contributed by atoms with Crippen molar-refractivity contribution in [1.29, 1.82) is 0 Å². The summed E-state index contributed by atoms with van der Waals surface area (Å²) < 4.78 is 31.4. The van der Waals surface area contributed by atoms with E-state index in [1.165, 1.54) is 59.9 Å². The van der Waals surface area contributed by atoms with Crippen molar-refractivity contribution in [1.82, 2.24) is 5.32 Å². The van der Waals surface area contributed by atoms with Gasteiger partial charge < -0.3 is 15.4 Å². The first-order chi connectivity index (χ1) is 16.8. The van der Waals surface area contributed by atoms with Gasteiger partial charge in [-0.3, -0.25) is 9.59 Å². The molecule has 2 aromatic carbocycles. The van der Waals surface area contributed by atoms with Gasteiger partial charge in [-0.25, -0.2) is 13.6 Å². The number of fused-ring (bicyclic) bond motifs is 1. The van der Waals surface area contributed by atoms with Crippen molar-refractivity contribution in [3.05, 3.63) is 87.3 Å². The molecule has 3 aromatic rings. The normalized spacial score (nSPS) is 14.7. The smallest absolute Gasteiger partial charge is 0.338 e. The van der Waals surface area contributed by atoms with Crippen LogP contribution < -0.4 is 10.6 Å². The molecule has 1 atom stereocenters. The van der Waals surface area contributed by atoms with Crippen molar-refractivity contribution in [2.45, 2.75) is 26.2 Å². The van der Waals surface area contributed by atoms with Gasteiger partial charge in [0, 0.05) is 10.4 Å². The van der Waals surface area contributed by atoms with Crippen LogP contribution in [0.15, 0.2) is 48.5 Å². The van der Waals surface area contributed by atoms with Gasteiger partial charge in [0.05, 0.1) is 17.7 Å². The summed E-state index contributed by atoms with van der Waals surface area (Å²) in [7, 11) is 0. The van der Waals surface area contributed by atoms with Crippen LogP contribution in [0.5, 0.6) is 0 Å². The van der Waals surface area contributed by atoms with Crippen LogP contribution in [0.3, 0.4) is 0 Å². The quantitative estimate of drug-likeness (QED) is 0.355. The molecule has 0 saturated carbocycles. The first-order valence-corrected chi connectivity index (χ1v) is 12.1. The van der Waals surface area contributed by atoms with Crippen molar-refractivity contribution in [3.8, 4) is 0 Å². The van der Waals surface area contributed by atoms with Gasteiger partial charge in [0.15, 0.2) is 0 Å². The molecule has 0 radical (unpaired) electrons. The molecule has 1 unspecified atom stereocenters. The zero-order valence-electron chi connectivity index (χ0n) is 19.0. The van der Waals surface area contributed by atoms with Crippen molar-refractivity contribution in [2.24, 2.45) is 5.92 Å². The average molecular weight is 499 g/mol. The first kappa shape index (κ1) is 24.5. The summed E-state index contributed by atoms with van der Waals surface area (Å²) in [5.74, 6) is -1.84. The van der Waals surface area contributed by atoms with Crippen LogP contribution in [0.1, 0.15) is 54.9 Å². The molecule has 0 aliphatic heterocycles. The molecule has 182 valence electrons. The minimum atomic E-state index is -0.617. The molecule has 1 aliphatic rings. The van der Waals surface area contributed by atoms with E-state index in [4.69, 9.17) is 4.74 Å². The summed E-state index contributed by atoms with van der Waals surface area (Å²) in [6, 6.07) is 10.2. The minimum absolute atomic E-state index is 0.0669. The fourth-order valence-corrected chi connectivity index (χ4v) is 5.32. The monoisotopic (exact) mass is 498 g/mol. The number of halogens is 2. The van der Waals surface area contributed by atoms with E-state index in [1.807, 2.05) is 0 Å². The SMILES string of the molecule is CC1CCc2c(sc(NC(=O)c3ccc(F)cc3)c2C(=O)NCCOC(=O)c2ccc(F)cc2)C1. The highest BCUT2D eigenvalue weighted by Crippen LogP contribution is 2.39. The van der Waals surface area contributed by atoms with E-state index in [1.54, 1.807) is 0 Å². The number of thiophene rings is 1. The summed E-state index contributed by atoms with van der Waals surface area (Å²) in [6.07, 6.45) is 2.48. The van der Waals surface area contributed by atoms with Crippen LogP contribution >= 0.6 is 11.3 Å². The van der Waals surface area contributed by atoms with E-state index in [0.717, 1.165) is 29.7 Å². The van der Waals surface area contributed by atoms with E-state index in [0.29, 0.717) is 16.5 Å². The van der Waals surface area contributed by atoms with Gasteiger partial charge in [-0.15, -0.1) is 11.3 Å². The lowest BCUT2D eigenvalue weighted by Gasteiger charge is -2.18. The maximum Gasteiger partial charge on any atom is 0.338 e. The van der Waals surface area contributed by atoms with Crippen LogP contribution in [-0.4, -0.2) is 30.9 Å². The molecule has 0 bridgehead atoms. The number of anilines is 1. The van der Waals surface area contributed by atoms with E-state index in [2.05, 4.69) is 17.6 Å². The molecule has 0 spiro atoms. The number of carbonyl (C=O) groups is 3. The van der Waals surface area contributed by atoms with Crippen LogP contribution in [0.2, 0.25) is 0 Å². The number of hydrogen-bond acceptors (Lipinski definition) is 5. The van der Waals surface area contributed by atoms with Crippen molar-refractivity contribution >= 4 is 34.1 Å². The number of nitrogens with one attached hydrogen (secondary N) is 2. The Morgan fingerprint density at radius 1 is 0.971 bits per heavy atom. The number of carbonyl (C=O) groups excluding carboxylic acids is 3. The molecule has 9 heteroatoms. The Bertz CT molecular complexity index is 1240. The second-order valence-electron chi connectivity index (χ2n) is 8.42. The summed E-state index contributed by atoms with van der Waals surface area (Å²) in [5.41, 5.74) is 1.83. The molecule has 0 saturated heterocycles. The van der Waals surface area contributed by atoms with Gasteiger partial charge in [-0.05, 0) is 79.3 Å². The lowest BCUT2D eigenvalue weighted by Crippen LogP contribution is -2.29. The van der Waals surface area contributed by atoms with E-state index in [-0.39, 0.29) is 30.2 Å². The van der Waals surface area contributed by atoms with Gasteiger partial charge in [0.2, 0.25) is 0 Å². The number of esters is 1. The molecule has 2 N–H and O–H groups in total. The Kier molecular flexibility index (Phi) is 7.55. The van der Waals surface area contributed by atoms with E-state index >= 15 is 0 Å². The highest BCUT2D eigenvalue weighted by atomic mass is 32.1. The number of hydrogen-bond donors (Lipinski definition) is 2. The molecule has 1 aliphatic carbocycles. The number of rotatable bonds is 7. The summed E-state index contributed by atoms with van der Waals surface area (Å²) in [6.45, 7) is 2.15. The van der Waals surface area contributed by atoms with Gasteiger partial charge in [-0.2, -0.15) is 0 Å². The summed E-state index contributed by atoms with van der Waals surface area (Å²) in [4.78, 5) is 39.0.